The van der Waals surface area contributed by atoms with Gasteiger partial charge >= 0.3 is 0 Å². The SMILES string of the molecule is C=CC(=O)Nc1cc2c(Nc3ccc(F)c(Cl)c3)ncnc2cc1OCCCN1CCN(CCCCCCCC#Cc2cccc3c2CN(C2CCC(=O)NC2=O)C3=O)CC1. The summed E-state index contributed by atoms with van der Waals surface area (Å²) >= 11 is 5.97. The van der Waals surface area contributed by atoms with Gasteiger partial charge in [-0.1, -0.05) is 55.3 Å². The molecule has 4 aromatic rings. The van der Waals surface area contributed by atoms with Crippen LogP contribution in [-0.4, -0.2) is 100 Å². The van der Waals surface area contributed by atoms with Crippen molar-refractivity contribution in [3.05, 3.63) is 95.0 Å². The number of carbonyl (C=O) groups excluding carboxylic acids is 4. The second-order valence-electron chi connectivity index (χ2n) is 15.5. The Balaban J connectivity index is 0.783. The number of unbranched alkanes of at least 4 members (excludes halogenated alkanes) is 5. The van der Waals surface area contributed by atoms with Crippen molar-refractivity contribution in [2.75, 3.05) is 56.5 Å². The number of fused-ring (bicyclic) bond motifs is 2. The molecule has 3 aromatic carbocycles. The van der Waals surface area contributed by atoms with Crippen molar-refractivity contribution < 1.29 is 28.3 Å². The minimum atomic E-state index is -0.629. The lowest BCUT2D eigenvalue weighted by molar-refractivity contribution is -0.137. The normalized spacial score (nSPS) is 16.8. The minimum absolute atomic E-state index is 0.0155. The summed E-state index contributed by atoms with van der Waals surface area (Å²) in [6.45, 7) is 10.5. The van der Waals surface area contributed by atoms with Crippen LogP contribution in [0.4, 0.5) is 21.6 Å². The molecular weight excluding hydrogens is 799 g/mol. The van der Waals surface area contributed by atoms with Crippen LogP contribution in [0.2, 0.25) is 5.02 Å². The van der Waals surface area contributed by atoms with Crippen LogP contribution in [0.1, 0.15) is 79.3 Å². The molecule has 3 N–H and O–H groups in total. The molecule has 0 bridgehead atoms. The first-order chi connectivity index (χ1) is 29.7. The van der Waals surface area contributed by atoms with Crippen molar-refractivity contribution >= 4 is 63.3 Å². The van der Waals surface area contributed by atoms with Crippen LogP contribution < -0.4 is 20.7 Å². The molecule has 4 heterocycles. The number of benzene rings is 3. The Morgan fingerprint density at radius 1 is 0.984 bits per heavy atom. The Bertz CT molecular complexity index is 2360. The van der Waals surface area contributed by atoms with E-state index in [1.165, 1.54) is 43.8 Å². The Hall–Kier alpha value is -5.88. The first kappa shape index (κ1) is 43.2. The monoisotopic (exact) mass is 848 g/mol. The first-order valence-electron chi connectivity index (χ1n) is 20.9. The number of halogens is 2. The summed E-state index contributed by atoms with van der Waals surface area (Å²) in [6, 6.07) is 12.8. The average molecular weight is 849 g/mol. The number of aromatic nitrogens is 2. The third-order valence-corrected chi connectivity index (χ3v) is 11.6. The Morgan fingerprint density at radius 2 is 1.75 bits per heavy atom. The molecule has 15 heteroatoms. The summed E-state index contributed by atoms with van der Waals surface area (Å²) in [6.07, 6.45) is 10.5. The van der Waals surface area contributed by atoms with Crippen LogP contribution >= 0.6 is 11.6 Å². The van der Waals surface area contributed by atoms with Gasteiger partial charge in [-0.25, -0.2) is 14.4 Å². The molecule has 1 unspecified atom stereocenters. The van der Waals surface area contributed by atoms with Gasteiger partial charge in [-0.15, -0.1) is 0 Å². The van der Waals surface area contributed by atoms with Crippen LogP contribution in [0, 0.1) is 17.7 Å². The second-order valence-corrected chi connectivity index (χ2v) is 15.9. The predicted octanol–water partition coefficient (Wildman–Crippen LogP) is 6.83. The van der Waals surface area contributed by atoms with E-state index in [1.807, 2.05) is 12.1 Å². The third kappa shape index (κ3) is 11.1. The molecule has 7 rings (SSSR count). The fraction of sp³-hybridized carbons (Fsp3) is 0.391. The molecule has 2 saturated heterocycles. The largest absolute Gasteiger partial charge is 0.491 e. The van der Waals surface area contributed by atoms with Crippen LogP contribution in [0.3, 0.4) is 0 Å². The molecular formula is C46H50ClFN8O5. The fourth-order valence-electron chi connectivity index (χ4n) is 7.94. The van der Waals surface area contributed by atoms with Gasteiger partial charge in [-0.3, -0.25) is 24.5 Å². The maximum Gasteiger partial charge on any atom is 0.255 e. The van der Waals surface area contributed by atoms with Crippen molar-refractivity contribution in [3.8, 4) is 17.6 Å². The number of anilines is 3. The summed E-state index contributed by atoms with van der Waals surface area (Å²) in [7, 11) is 0. The van der Waals surface area contributed by atoms with E-state index in [1.54, 1.807) is 29.2 Å². The number of rotatable bonds is 17. The van der Waals surface area contributed by atoms with Crippen LogP contribution in [0.25, 0.3) is 10.9 Å². The summed E-state index contributed by atoms with van der Waals surface area (Å²) < 4.78 is 19.9. The summed E-state index contributed by atoms with van der Waals surface area (Å²) in [5, 5.41) is 8.96. The van der Waals surface area contributed by atoms with Gasteiger partial charge in [0.05, 0.1) is 22.8 Å². The summed E-state index contributed by atoms with van der Waals surface area (Å²) in [4.78, 5) is 64.7. The molecule has 0 spiro atoms. The number of piperazine rings is 1. The highest BCUT2D eigenvalue weighted by Gasteiger charge is 2.39. The maximum absolute atomic E-state index is 13.7. The zero-order valence-electron chi connectivity index (χ0n) is 34.1. The van der Waals surface area contributed by atoms with Crippen molar-refractivity contribution in [2.45, 2.75) is 70.4 Å². The molecule has 0 saturated carbocycles. The van der Waals surface area contributed by atoms with E-state index in [-0.39, 0.29) is 29.2 Å². The van der Waals surface area contributed by atoms with Crippen LogP contribution in [0.15, 0.2) is 67.5 Å². The molecule has 0 aliphatic carbocycles. The average Bonchev–Trinajstić information content (AvgIpc) is 3.59. The standard InChI is InChI=1S/C46H50ClFN8O5/c1-2-42(57)52-39-27-34-38(49-30-50-44(34)51-32-15-16-37(48)36(47)26-32)28-41(39)61-25-11-20-55-23-21-54(22-24-55)19-9-7-5-3-4-6-8-12-31-13-10-14-33-35(31)29-56(46(33)60)40-17-18-43(58)53-45(40)59/h2,10,13-16,26-28,30,40H,1,3-7,9,11,17-25,29H2,(H,52,57)(H,49,50,51)(H,53,58,59). The molecule has 61 heavy (non-hydrogen) atoms. The first-order valence-corrected chi connectivity index (χ1v) is 21.3. The maximum atomic E-state index is 13.7. The van der Waals surface area contributed by atoms with Crippen molar-refractivity contribution in [1.82, 2.24) is 30.0 Å². The molecule has 0 radical (unpaired) electrons. The Labute approximate surface area is 360 Å². The van der Waals surface area contributed by atoms with E-state index in [0.29, 0.717) is 59.0 Å². The highest BCUT2D eigenvalue weighted by molar-refractivity contribution is 6.31. The van der Waals surface area contributed by atoms with Gasteiger partial charge in [0.25, 0.3) is 5.91 Å². The van der Waals surface area contributed by atoms with Gasteiger partial charge < -0.3 is 30.1 Å². The smallest absolute Gasteiger partial charge is 0.255 e. The van der Waals surface area contributed by atoms with Gasteiger partial charge in [-0.05, 0) is 80.3 Å². The fourth-order valence-corrected chi connectivity index (χ4v) is 8.12. The van der Waals surface area contributed by atoms with E-state index in [9.17, 15) is 23.6 Å². The van der Waals surface area contributed by atoms with E-state index in [2.05, 4.69) is 54.1 Å². The Kier molecular flexibility index (Phi) is 14.6. The summed E-state index contributed by atoms with van der Waals surface area (Å²) in [5.74, 6) is 5.74. The molecule has 1 aromatic heterocycles. The zero-order valence-corrected chi connectivity index (χ0v) is 34.9. The Morgan fingerprint density at radius 3 is 2.52 bits per heavy atom. The predicted molar refractivity (Wildman–Crippen MR) is 233 cm³/mol. The zero-order chi connectivity index (χ0) is 42.7. The lowest BCUT2D eigenvalue weighted by Gasteiger charge is -2.34. The number of ether oxygens (including phenoxy) is 1. The van der Waals surface area contributed by atoms with Crippen molar-refractivity contribution in [2.24, 2.45) is 0 Å². The van der Waals surface area contributed by atoms with Crippen LogP contribution in [-0.2, 0) is 20.9 Å². The van der Waals surface area contributed by atoms with Crippen LogP contribution in [0.5, 0.6) is 5.75 Å². The molecule has 318 valence electrons. The number of nitrogens with one attached hydrogen (secondary N) is 3. The van der Waals surface area contributed by atoms with Gasteiger partial charge in [0.15, 0.2) is 0 Å². The van der Waals surface area contributed by atoms with E-state index >= 15 is 0 Å². The molecule has 3 aliphatic rings. The second kappa shape index (κ2) is 20.6. The van der Waals surface area contributed by atoms with E-state index < -0.39 is 17.8 Å². The summed E-state index contributed by atoms with van der Waals surface area (Å²) in [5.41, 5.74) is 3.90. The lowest BCUT2D eigenvalue weighted by Crippen LogP contribution is -2.52. The highest BCUT2D eigenvalue weighted by atomic mass is 35.5. The molecule has 2 fully saturated rings. The van der Waals surface area contributed by atoms with Gasteiger partial charge in [0, 0.05) is 80.4 Å². The topological polar surface area (TPSA) is 149 Å². The van der Waals surface area contributed by atoms with Crippen molar-refractivity contribution in [3.63, 3.8) is 0 Å². The van der Waals surface area contributed by atoms with E-state index in [0.717, 1.165) is 76.1 Å². The van der Waals surface area contributed by atoms with Gasteiger partial charge in [0.1, 0.15) is 29.8 Å². The number of hydrogen-bond acceptors (Lipinski definition) is 10. The number of hydrogen-bond donors (Lipinski definition) is 3. The lowest BCUT2D eigenvalue weighted by atomic mass is 10.0. The number of amides is 4. The highest BCUT2D eigenvalue weighted by Crippen LogP contribution is 2.34. The number of piperidine rings is 1. The van der Waals surface area contributed by atoms with E-state index in [4.69, 9.17) is 16.3 Å². The molecule has 4 amide bonds. The molecule has 3 aliphatic heterocycles. The minimum Gasteiger partial charge on any atom is -0.491 e. The molecule has 13 nitrogen and oxygen atoms in total. The quantitative estimate of drug-likeness (QED) is 0.0447. The van der Waals surface area contributed by atoms with Gasteiger partial charge in [0.2, 0.25) is 17.7 Å². The third-order valence-electron chi connectivity index (χ3n) is 11.3. The molecule has 1 atom stereocenters. The number of imide groups is 1. The van der Waals surface area contributed by atoms with Crippen molar-refractivity contribution in [1.29, 1.82) is 0 Å². The van der Waals surface area contributed by atoms with Gasteiger partial charge in [-0.2, -0.15) is 0 Å². The number of nitrogens with zero attached hydrogens (tertiary/aromatic N) is 5. The number of carbonyl (C=O) groups is 4.